The zero-order chi connectivity index (χ0) is 15.4. The van der Waals surface area contributed by atoms with E-state index in [0.29, 0.717) is 34.0 Å². The van der Waals surface area contributed by atoms with Gasteiger partial charge in [-0.25, -0.2) is 8.78 Å². The van der Waals surface area contributed by atoms with Crippen molar-refractivity contribution in [3.05, 3.63) is 62.0 Å². The lowest BCUT2D eigenvalue weighted by Gasteiger charge is -2.08. The molecule has 0 amide bonds. The highest BCUT2D eigenvalue weighted by molar-refractivity contribution is 9.11. The van der Waals surface area contributed by atoms with Gasteiger partial charge in [-0.2, -0.15) is 0 Å². The van der Waals surface area contributed by atoms with E-state index < -0.39 is 11.6 Å². The number of hydrogen-bond acceptors (Lipinski definition) is 2. The van der Waals surface area contributed by atoms with Gasteiger partial charge in [-0.05, 0) is 80.2 Å². The van der Waals surface area contributed by atoms with Crippen molar-refractivity contribution in [2.75, 3.05) is 6.54 Å². The van der Waals surface area contributed by atoms with Crippen molar-refractivity contribution in [3.8, 4) is 5.75 Å². The van der Waals surface area contributed by atoms with Gasteiger partial charge in [-0.3, -0.25) is 0 Å². The monoisotopic (exact) mass is 419 g/mol. The summed E-state index contributed by atoms with van der Waals surface area (Å²) >= 11 is 6.53. The second-order valence-corrected chi connectivity index (χ2v) is 6.32. The molecule has 0 spiro atoms. The Balaban J connectivity index is 1.87. The van der Waals surface area contributed by atoms with Gasteiger partial charge in [0.25, 0.3) is 0 Å². The maximum atomic E-state index is 13.0. The summed E-state index contributed by atoms with van der Waals surface area (Å²) in [6.07, 6.45) is 0.537. The van der Waals surface area contributed by atoms with E-state index in [-0.39, 0.29) is 5.75 Å². The number of phenols is 1. The summed E-state index contributed by atoms with van der Waals surface area (Å²) in [5.74, 6) is -0.957. The number of halogens is 4. The van der Waals surface area contributed by atoms with Crippen LogP contribution in [0.4, 0.5) is 8.78 Å². The zero-order valence-corrected chi connectivity index (χ0v) is 14.1. The Morgan fingerprint density at radius 1 is 0.905 bits per heavy atom. The van der Waals surface area contributed by atoms with E-state index in [1.807, 2.05) is 12.1 Å². The molecule has 0 bridgehead atoms. The van der Waals surface area contributed by atoms with Crippen LogP contribution in [0.25, 0.3) is 0 Å². The number of aromatic hydroxyl groups is 1. The van der Waals surface area contributed by atoms with Crippen LogP contribution in [-0.4, -0.2) is 11.7 Å². The van der Waals surface area contributed by atoms with Gasteiger partial charge in [-0.15, -0.1) is 0 Å². The standard InChI is InChI=1S/C15H13Br2F2NO/c16-13-5-10(6-14(17)15(13)21)8-20-2-1-9-3-11(18)7-12(19)4-9/h3-7,20-21H,1-2,8H2. The molecule has 0 aliphatic heterocycles. The fourth-order valence-corrected chi connectivity index (χ4v) is 3.22. The second-order valence-electron chi connectivity index (χ2n) is 4.61. The molecule has 0 aliphatic carbocycles. The predicted molar refractivity (Wildman–Crippen MR) is 85.3 cm³/mol. The van der Waals surface area contributed by atoms with Crippen LogP contribution in [0.1, 0.15) is 11.1 Å². The SMILES string of the molecule is Oc1c(Br)cc(CNCCc2cc(F)cc(F)c2)cc1Br. The van der Waals surface area contributed by atoms with Crippen molar-refractivity contribution in [3.63, 3.8) is 0 Å². The largest absolute Gasteiger partial charge is 0.506 e. The van der Waals surface area contributed by atoms with Crippen LogP contribution >= 0.6 is 31.9 Å². The van der Waals surface area contributed by atoms with Crippen molar-refractivity contribution >= 4 is 31.9 Å². The average molecular weight is 421 g/mol. The molecule has 0 fully saturated rings. The molecule has 2 N–H and O–H groups in total. The van der Waals surface area contributed by atoms with E-state index in [0.717, 1.165) is 11.6 Å². The third-order valence-electron chi connectivity index (χ3n) is 2.92. The molecule has 2 rings (SSSR count). The first-order valence-electron chi connectivity index (χ1n) is 6.28. The molecular weight excluding hydrogens is 408 g/mol. The molecular formula is C15H13Br2F2NO. The molecule has 0 saturated heterocycles. The van der Waals surface area contributed by atoms with Crippen LogP contribution < -0.4 is 5.32 Å². The number of nitrogens with one attached hydrogen (secondary N) is 1. The van der Waals surface area contributed by atoms with E-state index in [2.05, 4.69) is 37.2 Å². The summed E-state index contributed by atoms with van der Waals surface area (Å²) in [7, 11) is 0. The molecule has 2 nitrogen and oxygen atoms in total. The minimum atomic E-state index is -0.559. The first kappa shape index (κ1) is 16.4. The Morgan fingerprint density at radius 2 is 1.48 bits per heavy atom. The average Bonchev–Trinajstić information content (AvgIpc) is 2.40. The van der Waals surface area contributed by atoms with Crippen molar-refractivity contribution < 1.29 is 13.9 Å². The number of hydrogen-bond donors (Lipinski definition) is 2. The van der Waals surface area contributed by atoms with Gasteiger partial charge in [0.2, 0.25) is 0 Å². The van der Waals surface area contributed by atoms with Crippen molar-refractivity contribution in [2.45, 2.75) is 13.0 Å². The predicted octanol–water partition coefficient (Wildman–Crippen LogP) is 4.53. The Labute approximate surface area is 138 Å². The Bertz CT molecular complexity index is 606. The summed E-state index contributed by atoms with van der Waals surface area (Å²) in [5, 5.41) is 12.8. The van der Waals surface area contributed by atoms with Gasteiger partial charge >= 0.3 is 0 Å². The first-order chi connectivity index (χ1) is 9.95. The smallest absolute Gasteiger partial charge is 0.143 e. The normalized spacial score (nSPS) is 10.9. The molecule has 0 radical (unpaired) electrons. The van der Waals surface area contributed by atoms with Gasteiger partial charge in [0, 0.05) is 12.6 Å². The summed E-state index contributed by atoms with van der Waals surface area (Å²) in [5.41, 5.74) is 1.60. The molecule has 6 heteroatoms. The van der Waals surface area contributed by atoms with Gasteiger partial charge in [0.1, 0.15) is 17.4 Å². The van der Waals surface area contributed by atoms with Crippen molar-refractivity contribution in [1.29, 1.82) is 0 Å². The Hall–Kier alpha value is -0.980. The van der Waals surface area contributed by atoms with E-state index in [1.165, 1.54) is 12.1 Å². The van der Waals surface area contributed by atoms with Gasteiger partial charge in [0.15, 0.2) is 0 Å². The van der Waals surface area contributed by atoms with Crippen LogP contribution in [0.2, 0.25) is 0 Å². The molecule has 21 heavy (non-hydrogen) atoms. The van der Waals surface area contributed by atoms with Gasteiger partial charge < -0.3 is 10.4 Å². The third-order valence-corrected chi connectivity index (χ3v) is 4.13. The summed E-state index contributed by atoms with van der Waals surface area (Å²) < 4.78 is 27.3. The van der Waals surface area contributed by atoms with Crippen LogP contribution in [0.15, 0.2) is 39.3 Å². The van der Waals surface area contributed by atoms with Crippen molar-refractivity contribution in [2.24, 2.45) is 0 Å². The fraction of sp³-hybridized carbons (Fsp3) is 0.200. The van der Waals surface area contributed by atoms with Gasteiger partial charge in [-0.1, -0.05) is 0 Å². The molecule has 0 aromatic heterocycles. The van der Waals surface area contributed by atoms with Crippen LogP contribution in [-0.2, 0) is 13.0 Å². The van der Waals surface area contributed by atoms with E-state index in [9.17, 15) is 13.9 Å². The highest BCUT2D eigenvalue weighted by atomic mass is 79.9. The van der Waals surface area contributed by atoms with E-state index >= 15 is 0 Å². The molecule has 2 aromatic carbocycles. The fourth-order valence-electron chi connectivity index (χ4n) is 1.94. The summed E-state index contributed by atoms with van der Waals surface area (Å²) in [4.78, 5) is 0. The lowest BCUT2D eigenvalue weighted by molar-refractivity contribution is 0.468. The minimum Gasteiger partial charge on any atom is -0.506 e. The molecule has 0 atom stereocenters. The number of benzene rings is 2. The van der Waals surface area contributed by atoms with Crippen LogP contribution in [0.5, 0.6) is 5.75 Å². The van der Waals surface area contributed by atoms with Crippen LogP contribution in [0.3, 0.4) is 0 Å². The maximum Gasteiger partial charge on any atom is 0.143 e. The third kappa shape index (κ3) is 4.76. The Kier molecular flexibility index (Phi) is 5.72. The maximum absolute atomic E-state index is 13.0. The number of rotatable bonds is 5. The van der Waals surface area contributed by atoms with Crippen LogP contribution in [0, 0.1) is 11.6 Å². The lowest BCUT2D eigenvalue weighted by atomic mass is 10.1. The highest BCUT2D eigenvalue weighted by Gasteiger charge is 2.06. The first-order valence-corrected chi connectivity index (χ1v) is 7.87. The van der Waals surface area contributed by atoms with Crippen molar-refractivity contribution in [1.82, 2.24) is 5.32 Å². The molecule has 2 aromatic rings. The molecule has 0 saturated carbocycles. The Morgan fingerprint density at radius 3 is 2.05 bits per heavy atom. The minimum absolute atomic E-state index is 0.161. The molecule has 112 valence electrons. The molecule has 0 unspecified atom stereocenters. The van der Waals surface area contributed by atoms with E-state index in [4.69, 9.17) is 0 Å². The zero-order valence-electron chi connectivity index (χ0n) is 11.0. The summed E-state index contributed by atoms with van der Waals surface area (Å²) in [6.45, 7) is 1.19. The second kappa shape index (κ2) is 7.33. The van der Waals surface area contributed by atoms with Gasteiger partial charge in [0.05, 0.1) is 8.95 Å². The molecule has 0 aliphatic rings. The highest BCUT2D eigenvalue weighted by Crippen LogP contribution is 2.33. The summed E-state index contributed by atoms with van der Waals surface area (Å²) in [6, 6.07) is 7.16. The quantitative estimate of drug-likeness (QED) is 0.696. The van der Waals surface area contributed by atoms with E-state index in [1.54, 1.807) is 0 Å². The number of phenolic OH excluding ortho intramolecular Hbond substituents is 1. The lowest BCUT2D eigenvalue weighted by Crippen LogP contribution is -2.16. The molecule has 0 heterocycles. The topological polar surface area (TPSA) is 32.3 Å².